The van der Waals surface area contributed by atoms with Gasteiger partial charge in [0.1, 0.15) is 5.15 Å². The summed E-state index contributed by atoms with van der Waals surface area (Å²) in [5.41, 5.74) is 2.98. The van der Waals surface area contributed by atoms with Gasteiger partial charge in [0.2, 0.25) is 0 Å². The second kappa shape index (κ2) is 5.35. The molecule has 1 heterocycles. The molecule has 0 amide bonds. The molecule has 0 atom stereocenters. The standard InChI is InChI=1S/C14H14Cl2N2O/c1-8-10(5-4-6-12(8)15)13(19)7-11-9(2)17-18(3)14(11)16/h4-6H,7H2,1-3H3. The van der Waals surface area contributed by atoms with E-state index in [4.69, 9.17) is 23.2 Å². The first-order chi connectivity index (χ1) is 8.91. The normalized spacial score (nSPS) is 10.8. The Labute approximate surface area is 122 Å². The highest BCUT2D eigenvalue weighted by Gasteiger charge is 2.17. The van der Waals surface area contributed by atoms with Crippen molar-refractivity contribution in [1.29, 1.82) is 0 Å². The molecule has 0 N–H and O–H groups in total. The minimum Gasteiger partial charge on any atom is -0.294 e. The first-order valence-electron chi connectivity index (χ1n) is 5.88. The van der Waals surface area contributed by atoms with E-state index in [1.54, 1.807) is 29.9 Å². The summed E-state index contributed by atoms with van der Waals surface area (Å²) in [7, 11) is 1.76. The molecule has 2 aromatic rings. The van der Waals surface area contributed by atoms with Gasteiger partial charge in [-0.3, -0.25) is 9.48 Å². The Bertz CT molecular complexity index is 647. The molecule has 5 heteroatoms. The molecule has 0 aliphatic rings. The Kier molecular flexibility index (Phi) is 3.97. The molecule has 1 aromatic carbocycles. The molecular weight excluding hydrogens is 283 g/mol. The Morgan fingerprint density at radius 3 is 2.58 bits per heavy atom. The highest BCUT2D eigenvalue weighted by molar-refractivity contribution is 6.32. The lowest BCUT2D eigenvalue weighted by atomic mass is 9.99. The molecule has 0 radical (unpaired) electrons. The number of halogens is 2. The van der Waals surface area contributed by atoms with Crippen molar-refractivity contribution >= 4 is 29.0 Å². The van der Waals surface area contributed by atoms with Crippen LogP contribution in [-0.4, -0.2) is 15.6 Å². The number of aryl methyl sites for hydroxylation is 2. The van der Waals surface area contributed by atoms with Crippen LogP contribution in [0.2, 0.25) is 10.2 Å². The van der Waals surface area contributed by atoms with Crippen molar-refractivity contribution in [1.82, 2.24) is 9.78 Å². The molecule has 100 valence electrons. The van der Waals surface area contributed by atoms with Gasteiger partial charge < -0.3 is 0 Å². The van der Waals surface area contributed by atoms with E-state index < -0.39 is 0 Å². The number of Topliss-reactive ketones (excluding diaryl/α,β-unsaturated/α-hetero) is 1. The minimum atomic E-state index is -0.00185. The minimum absolute atomic E-state index is 0.00185. The fourth-order valence-corrected chi connectivity index (χ4v) is 2.46. The van der Waals surface area contributed by atoms with Gasteiger partial charge in [0.15, 0.2) is 5.78 Å². The van der Waals surface area contributed by atoms with Gasteiger partial charge in [0.25, 0.3) is 0 Å². The zero-order valence-corrected chi connectivity index (χ0v) is 12.5. The van der Waals surface area contributed by atoms with E-state index >= 15 is 0 Å². The zero-order valence-electron chi connectivity index (χ0n) is 11.0. The topological polar surface area (TPSA) is 34.9 Å². The average Bonchev–Trinajstić information content (AvgIpc) is 2.59. The van der Waals surface area contributed by atoms with E-state index in [9.17, 15) is 4.79 Å². The molecule has 0 aliphatic heterocycles. The van der Waals surface area contributed by atoms with E-state index in [1.165, 1.54) is 0 Å². The highest BCUT2D eigenvalue weighted by atomic mass is 35.5. The fourth-order valence-electron chi connectivity index (χ4n) is 2.04. The van der Waals surface area contributed by atoms with Crippen molar-refractivity contribution < 1.29 is 4.79 Å². The Hall–Kier alpha value is -1.32. The summed E-state index contributed by atoms with van der Waals surface area (Å²) >= 11 is 12.2. The third kappa shape index (κ3) is 2.67. The predicted molar refractivity (Wildman–Crippen MR) is 77.2 cm³/mol. The third-order valence-corrected chi connectivity index (χ3v) is 4.06. The van der Waals surface area contributed by atoms with Crippen LogP contribution in [0.15, 0.2) is 18.2 Å². The van der Waals surface area contributed by atoms with Gasteiger partial charge in [-0.1, -0.05) is 35.3 Å². The number of aromatic nitrogens is 2. The second-order valence-corrected chi connectivity index (χ2v) is 5.26. The molecule has 0 unspecified atom stereocenters. The average molecular weight is 297 g/mol. The predicted octanol–water partition coefficient (Wildman–Crippen LogP) is 3.77. The Morgan fingerprint density at radius 2 is 2.00 bits per heavy atom. The summed E-state index contributed by atoms with van der Waals surface area (Å²) in [6.45, 7) is 3.69. The molecule has 0 saturated heterocycles. The van der Waals surface area contributed by atoms with Crippen molar-refractivity contribution in [3.05, 3.63) is 50.8 Å². The number of benzene rings is 1. The van der Waals surface area contributed by atoms with Crippen molar-refractivity contribution in [3.63, 3.8) is 0 Å². The van der Waals surface area contributed by atoms with Crippen LogP contribution in [0.1, 0.15) is 27.2 Å². The van der Waals surface area contributed by atoms with Crippen LogP contribution in [0.3, 0.4) is 0 Å². The van der Waals surface area contributed by atoms with Crippen molar-refractivity contribution in [2.24, 2.45) is 7.05 Å². The van der Waals surface area contributed by atoms with Crippen LogP contribution in [0, 0.1) is 13.8 Å². The maximum absolute atomic E-state index is 12.3. The third-order valence-electron chi connectivity index (χ3n) is 3.18. The first kappa shape index (κ1) is 14.1. The lowest BCUT2D eigenvalue weighted by Gasteiger charge is -2.06. The zero-order chi connectivity index (χ0) is 14.2. The summed E-state index contributed by atoms with van der Waals surface area (Å²) in [6, 6.07) is 5.33. The number of carbonyl (C=O) groups is 1. The molecule has 0 spiro atoms. The summed E-state index contributed by atoms with van der Waals surface area (Å²) in [5, 5.41) is 5.31. The van der Waals surface area contributed by atoms with E-state index in [0.29, 0.717) is 15.7 Å². The second-order valence-electron chi connectivity index (χ2n) is 4.49. The molecule has 19 heavy (non-hydrogen) atoms. The van der Waals surface area contributed by atoms with Gasteiger partial charge in [-0.2, -0.15) is 5.10 Å². The molecule has 2 rings (SSSR count). The number of hydrogen-bond donors (Lipinski definition) is 0. The van der Waals surface area contributed by atoms with Gasteiger partial charge in [-0.25, -0.2) is 0 Å². The fraction of sp³-hybridized carbons (Fsp3) is 0.286. The SMILES string of the molecule is Cc1nn(C)c(Cl)c1CC(=O)c1cccc(Cl)c1C. The van der Waals surface area contributed by atoms with Gasteiger partial charge in [-0.15, -0.1) is 0 Å². The summed E-state index contributed by atoms with van der Waals surface area (Å²) in [4.78, 5) is 12.3. The molecule has 0 saturated carbocycles. The molecule has 1 aromatic heterocycles. The van der Waals surface area contributed by atoms with Gasteiger partial charge in [0, 0.05) is 29.6 Å². The summed E-state index contributed by atoms with van der Waals surface area (Å²) in [6.07, 6.45) is 0.236. The number of nitrogens with zero attached hydrogens (tertiary/aromatic N) is 2. The molecule has 0 fully saturated rings. The van der Waals surface area contributed by atoms with Crippen LogP contribution >= 0.6 is 23.2 Å². The Balaban J connectivity index is 2.34. The molecular formula is C14H14Cl2N2O. The van der Waals surface area contributed by atoms with E-state index in [-0.39, 0.29) is 12.2 Å². The van der Waals surface area contributed by atoms with Crippen LogP contribution in [-0.2, 0) is 13.5 Å². The monoisotopic (exact) mass is 296 g/mol. The van der Waals surface area contributed by atoms with Crippen LogP contribution in [0.25, 0.3) is 0 Å². The lowest BCUT2D eigenvalue weighted by Crippen LogP contribution is -2.06. The van der Waals surface area contributed by atoms with Crippen LogP contribution in [0.4, 0.5) is 0 Å². The molecule has 3 nitrogen and oxygen atoms in total. The molecule has 0 bridgehead atoms. The lowest BCUT2D eigenvalue weighted by molar-refractivity contribution is 0.0992. The quantitative estimate of drug-likeness (QED) is 0.808. The van der Waals surface area contributed by atoms with E-state index in [1.807, 2.05) is 13.8 Å². The van der Waals surface area contributed by atoms with Gasteiger partial charge in [-0.05, 0) is 25.5 Å². The number of ketones is 1. The van der Waals surface area contributed by atoms with E-state index in [0.717, 1.165) is 16.8 Å². The van der Waals surface area contributed by atoms with E-state index in [2.05, 4.69) is 5.10 Å². The number of hydrogen-bond acceptors (Lipinski definition) is 2. The largest absolute Gasteiger partial charge is 0.294 e. The van der Waals surface area contributed by atoms with Gasteiger partial charge in [0.05, 0.1) is 5.69 Å². The van der Waals surface area contributed by atoms with Gasteiger partial charge >= 0.3 is 0 Å². The first-order valence-corrected chi connectivity index (χ1v) is 6.63. The van der Waals surface area contributed by atoms with Crippen LogP contribution < -0.4 is 0 Å². The highest BCUT2D eigenvalue weighted by Crippen LogP contribution is 2.24. The van der Waals surface area contributed by atoms with Crippen molar-refractivity contribution in [2.45, 2.75) is 20.3 Å². The maximum Gasteiger partial charge on any atom is 0.167 e. The summed E-state index contributed by atoms with van der Waals surface area (Å²) < 4.78 is 1.57. The van der Waals surface area contributed by atoms with Crippen molar-refractivity contribution in [2.75, 3.05) is 0 Å². The van der Waals surface area contributed by atoms with Crippen LogP contribution in [0.5, 0.6) is 0 Å². The number of carbonyl (C=O) groups excluding carboxylic acids is 1. The smallest absolute Gasteiger partial charge is 0.167 e. The van der Waals surface area contributed by atoms with Crippen molar-refractivity contribution in [3.8, 4) is 0 Å². The molecule has 0 aliphatic carbocycles. The number of rotatable bonds is 3. The summed E-state index contributed by atoms with van der Waals surface area (Å²) in [5.74, 6) is -0.00185. The maximum atomic E-state index is 12.3. The Morgan fingerprint density at radius 1 is 1.32 bits per heavy atom.